The zero-order valence-electron chi connectivity index (χ0n) is 12.7. The summed E-state index contributed by atoms with van der Waals surface area (Å²) in [6, 6.07) is 4.19. The lowest BCUT2D eigenvalue weighted by Gasteiger charge is -2.27. The van der Waals surface area contributed by atoms with Crippen molar-refractivity contribution >= 4 is 5.82 Å². The first-order valence-corrected chi connectivity index (χ1v) is 8.00. The second kappa shape index (κ2) is 6.08. The average Bonchev–Trinajstić information content (AvgIpc) is 3.08. The van der Waals surface area contributed by atoms with Gasteiger partial charge in [0, 0.05) is 20.1 Å². The van der Waals surface area contributed by atoms with Crippen LogP contribution < -0.4 is 10.2 Å². The molecular weight excluding hydrogens is 248 g/mol. The topological polar surface area (TPSA) is 41.0 Å². The van der Waals surface area contributed by atoms with Crippen molar-refractivity contribution < 1.29 is 0 Å². The van der Waals surface area contributed by atoms with Crippen LogP contribution >= 0.6 is 0 Å². The minimum Gasteiger partial charge on any atom is -0.358 e. The molecule has 0 aromatic carbocycles. The van der Waals surface area contributed by atoms with Crippen LogP contribution in [0.25, 0.3) is 0 Å². The Morgan fingerprint density at radius 1 is 1.25 bits per heavy atom. The van der Waals surface area contributed by atoms with Crippen molar-refractivity contribution in [1.82, 2.24) is 15.5 Å². The van der Waals surface area contributed by atoms with E-state index in [9.17, 15) is 0 Å². The average molecular weight is 274 g/mol. The fraction of sp³-hybridized carbons (Fsp3) is 0.750. The highest BCUT2D eigenvalue weighted by Gasteiger charge is 2.39. The second-order valence-electron chi connectivity index (χ2n) is 6.48. The van der Waals surface area contributed by atoms with E-state index in [1.54, 1.807) is 0 Å². The highest BCUT2D eigenvalue weighted by molar-refractivity contribution is 5.36. The molecule has 1 heterocycles. The Morgan fingerprint density at radius 3 is 2.75 bits per heavy atom. The van der Waals surface area contributed by atoms with E-state index in [0.29, 0.717) is 0 Å². The lowest BCUT2D eigenvalue weighted by atomic mass is 9.88. The lowest BCUT2D eigenvalue weighted by molar-refractivity contribution is 0.337. The zero-order valence-corrected chi connectivity index (χ0v) is 12.7. The molecule has 110 valence electrons. The van der Waals surface area contributed by atoms with Crippen LogP contribution in [-0.4, -0.2) is 30.3 Å². The summed E-state index contributed by atoms with van der Waals surface area (Å²) in [5, 5.41) is 12.0. The maximum Gasteiger partial charge on any atom is 0.150 e. The van der Waals surface area contributed by atoms with Crippen LogP contribution in [0.4, 0.5) is 5.82 Å². The number of hydrogen-bond acceptors (Lipinski definition) is 4. The minimum atomic E-state index is 0.805. The standard InChI is InChI=1S/C16H26N4/c1-3-17-10-15-6-7-16(19-18-15)20(2)11-14-9-12-4-5-13(14)8-12/h6-7,12-14,17H,3-5,8-11H2,1-2H3. The molecule has 2 saturated carbocycles. The first kappa shape index (κ1) is 13.8. The molecule has 4 heteroatoms. The molecule has 2 bridgehead atoms. The summed E-state index contributed by atoms with van der Waals surface area (Å²) in [6.45, 7) is 5.01. The molecule has 3 unspecified atom stereocenters. The van der Waals surface area contributed by atoms with E-state index in [0.717, 1.165) is 48.9 Å². The first-order valence-electron chi connectivity index (χ1n) is 8.00. The van der Waals surface area contributed by atoms with Crippen molar-refractivity contribution in [3.05, 3.63) is 17.8 Å². The molecule has 3 rings (SSSR count). The van der Waals surface area contributed by atoms with Gasteiger partial charge in [0.2, 0.25) is 0 Å². The highest BCUT2D eigenvalue weighted by Crippen LogP contribution is 2.48. The summed E-state index contributed by atoms with van der Waals surface area (Å²) in [6.07, 6.45) is 5.84. The Labute approximate surface area is 122 Å². The summed E-state index contributed by atoms with van der Waals surface area (Å²) >= 11 is 0. The van der Waals surface area contributed by atoms with E-state index in [4.69, 9.17) is 0 Å². The van der Waals surface area contributed by atoms with Gasteiger partial charge in [0.15, 0.2) is 5.82 Å². The predicted octanol–water partition coefficient (Wildman–Crippen LogP) is 2.46. The summed E-state index contributed by atoms with van der Waals surface area (Å²) in [5.74, 6) is 3.88. The number of fused-ring (bicyclic) bond motifs is 2. The van der Waals surface area contributed by atoms with E-state index in [1.807, 2.05) is 0 Å². The van der Waals surface area contributed by atoms with Crippen LogP contribution in [0.3, 0.4) is 0 Å². The van der Waals surface area contributed by atoms with Crippen molar-refractivity contribution in [1.29, 1.82) is 0 Å². The number of nitrogens with zero attached hydrogens (tertiary/aromatic N) is 3. The maximum absolute atomic E-state index is 4.37. The molecule has 0 aliphatic heterocycles. The van der Waals surface area contributed by atoms with Crippen molar-refractivity contribution in [3.8, 4) is 0 Å². The molecule has 1 aromatic heterocycles. The van der Waals surface area contributed by atoms with Crippen molar-refractivity contribution in [3.63, 3.8) is 0 Å². The SMILES string of the molecule is CCNCc1ccc(N(C)CC2CC3CCC2C3)nn1. The molecule has 2 fully saturated rings. The van der Waals surface area contributed by atoms with Crippen LogP contribution in [0.15, 0.2) is 12.1 Å². The quantitative estimate of drug-likeness (QED) is 0.865. The van der Waals surface area contributed by atoms with E-state index in [-0.39, 0.29) is 0 Å². The highest BCUT2D eigenvalue weighted by atomic mass is 15.2. The maximum atomic E-state index is 4.37. The summed E-state index contributed by atoms with van der Waals surface area (Å²) < 4.78 is 0. The van der Waals surface area contributed by atoms with Gasteiger partial charge in [-0.15, -0.1) is 5.10 Å². The molecule has 1 aromatic rings. The van der Waals surface area contributed by atoms with Gasteiger partial charge in [0.1, 0.15) is 0 Å². The van der Waals surface area contributed by atoms with Crippen LogP contribution in [0, 0.1) is 17.8 Å². The number of anilines is 1. The van der Waals surface area contributed by atoms with Gasteiger partial charge in [-0.1, -0.05) is 13.3 Å². The predicted molar refractivity (Wildman–Crippen MR) is 81.6 cm³/mol. The van der Waals surface area contributed by atoms with Gasteiger partial charge in [-0.3, -0.25) is 0 Å². The van der Waals surface area contributed by atoms with Crippen LogP contribution in [0.1, 0.15) is 38.3 Å². The smallest absolute Gasteiger partial charge is 0.150 e. The normalized spacial score (nSPS) is 28.0. The Bertz CT molecular complexity index is 431. The Morgan fingerprint density at radius 2 is 2.15 bits per heavy atom. The van der Waals surface area contributed by atoms with Crippen molar-refractivity contribution in [2.75, 3.05) is 25.0 Å². The molecule has 0 saturated heterocycles. The van der Waals surface area contributed by atoms with Crippen LogP contribution in [0.2, 0.25) is 0 Å². The Hall–Kier alpha value is -1.16. The number of hydrogen-bond donors (Lipinski definition) is 1. The molecule has 4 nitrogen and oxygen atoms in total. The monoisotopic (exact) mass is 274 g/mol. The molecule has 0 amide bonds. The van der Waals surface area contributed by atoms with E-state index >= 15 is 0 Å². The minimum absolute atomic E-state index is 0.805. The van der Waals surface area contributed by atoms with Crippen molar-refractivity contribution in [2.24, 2.45) is 17.8 Å². The van der Waals surface area contributed by atoms with Gasteiger partial charge < -0.3 is 10.2 Å². The van der Waals surface area contributed by atoms with Gasteiger partial charge in [-0.05, 0) is 55.7 Å². The Balaban J connectivity index is 1.55. The van der Waals surface area contributed by atoms with Gasteiger partial charge in [-0.2, -0.15) is 5.10 Å². The lowest BCUT2D eigenvalue weighted by Crippen LogP contribution is -2.29. The summed E-state index contributed by atoms with van der Waals surface area (Å²) in [7, 11) is 2.15. The first-order chi connectivity index (χ1) is 9.76. The Kier molecular flexibility index (Phi) is 4.20. The van der Waals surface area contributed by atoms with Gasteiger partial charge in [-0.25, -0.2) is 0 Å². The van der Waals surface area contributed by atoms with E-state index < -0.39 is 0 Å². The largest absolute Gasteiger partial charge is 0.358 e. The number of aromatic nitrogens is 2. The van der Waals surface area contributed by atoms with Crippen LogP contribution in [0.5, 0.6) is 0 Å². The summed E-state index contributed by atoms with van der Waals surface area (Å²) in [4.78, 5) is 2.29. The second-order valence-corrected chi connectivity index (χ2v) is 6.48. The van der Waals surface area contributed by atoms with Crippen LogP contribution in [-0.2, 0) is 6.54 Å². The molecule has 3 atom stereocenters. The third-order valence-electron chi connectivity index (χ3n) is 5.05. The molecule has 0 spiro atoms. The summed E-state index contributed by atoms with van der Waals surface area (Å²) in [5.41, 5.74) is 1.02. The molecule has 20 heavy (non-hydrogen) atoms. The van der Waals surface area contributed by atoms with E-state index in [2.05, 4.69) is 46.5 Å². The van der Waals surface area contributed by atoms with Gasteiger partial charge in [0.05, 0.1) is 5.69 Å². The van der Waals surface area contributed by atoms with Gasteiger partial charge in [0.25, 0.3) is 0 Å². The fourth-order valence-corrected chi connectivity index (χ4v) is 3.95. The van der Waals surface area contributed by atoms with E-state index in [1.165, 1.54) is 25.7 Å². The fourth-order valence-electron chi connectivity index (χ4n) is 3.95. The third-order valence-corrected chi connectivity index (χ3v) is 5.05. The molecular formula is C16H26N4. The molecule has 1 N–H and O–H groups in total. The van der Waals surface area contributed by atoms with Crippen molar-refractivity contribution in [2.45, 2.75) is 39.2 Å². The van der Waals surface area contributed by atoms with Gasteiger partial charge >= 0.3 is 0 Å². The molecule has 2 aliphatic carbocycles. The molecule has 2 aliphatic rings. The number of nitrogens with one attached hydrogen (secondary N) is 1. The molecule has 0 radical (unpaired) electrons. The number of rotatable bonds is 6. The zero-order chi connectivity index (χ0) is 13.9. The third kappa shape index (κ3) is 2.95.